The van der Waals surface area contributed by atoms with Gasteiger partial charge in [0.1, 0.15) is 12.6 Å². The number of benzene rings is 2. The second-order valence-electron chi connectivity index (χ2n) is 7.91. The van der Waals surface area contributed by atoms with Crippen molar-refractivity contribution < 1.29 is 23.9 Å². The molecule has 0 saturated carbocycles. The maximum Gasteiger partial charge on any atom is 0.377 e. The van der Waals surface area contributed by atoms with Crippen molar-refractivity contribution in [2.24, 2.45) is 0 Å². The Morgan fingerprint density at radius 1 is 0.938 bits per heavy atom. The van der Waals surface area contributed by atoms with Crippen molar-refractivity contribution in [2.45, 2.75) is 44.9 Å². The zero-order chi connectivity index (χ0) is 22.9. The fraction of sp³-hybridized carbons (Fsp3) is 0.360. The van der Waals surface area contributed by atoms with Crippen molar-refractivity contribution in [1.29, 1.82) is 0 Å². The summed E-state index contributed by atoms with van der Waals surface area (Å²) in [6, 6.07) is 17.9. The van der Waals surface area contributed by atoms with E-state index in [1.54, 1.807) is 24.1 Å². The van der Waals surface area contributed by atoms with Crippen LogP contribution in [0, 0.1) is 0 Å². The van der Waals surface area contributed by atoms with E-state index < -0.39 is 17.8 Å². The summed E-state index contributed by atoms with van der Waals surface area (Å²) in [6.07, 6.45) is 1.11. The van der Waals surface area contributed by atoms with Crippen molar-refractivity contribution in [3.63, 3.8) is 0 Å². The van der Waals surface area contributed by atoms with Crippen LogP contribution in [0.15, 0.2) is 60.7 Å². The number of ketones is 1. The molecule has 0 spiro atoms. The lowest BCUT2D eigenvalue weighted by molar-refractivity contribution is -0.158. The van der Waals surface area contributed by atoms with Gasteiger partial charge in [-0.15, -0.1) is 0 Å². The van der Waals surface area contributed by atoms with Crippen LogP contribution in [0.3, 0.4) is 0 Å². The summed E-state index contributed by atoms with van der Waals surface area (Å²) in [7, 11) is 1.70. The van der Waals surface area contributed by atoms with Gasteiger partial charge in [-0.05, 0) is 24.0 Å². The highest BCUT2D eigenvalue weighted by Gasteiger charge is 2.38. The normalized spacial score (nSPS) is 15.3. The van der Waals surface area contributed by atoms with Crippen molar-refractivity contribution in [1.82, 2.24) is 9.80 Å². The zero-order valence-corrected chi connectivity index (χ0v) is 18.2. The second-order valence-corrected chi connectivity index (χ2v) is 7.91. The lowest BCUT2D eigenvalue weighted by atomic mass is 10.1. The minimum Gasteiger partial charge on any atom is -0.455 e. The molecule has 0 aliphatic carbocycles. The van der Waals surface area contributed by atoms with E-state index in [-0.39, 0.29) is 31.3 Å². The fourth-order valence-corrected chi connectivity index (χ4v) is 3.76. The Morgan fingerprint density at radius 2 is 1.56 bits per heavy atom. The van der Waals surface area contributed by atoms with Crippen molar-refractivity contribution >= 4 is 23.6 Å². The Balaban J connectivity index is 1.48. The molecule has 0 bridgehead atoms. The van der Waals surface area contributed by atoms with Gasteiger partial charge in [-0.2, -0.15) is 0 Å². The lowest BCUT2D eigenvalue weighted by Gasteiger charge is -2.23. The number of carbonyl (C=O) groups excluding carboxylic acids is 4. The van der Waals surface area contributed by atoms with Crippen LogP contribution >= 0.6 is 0 Å². The van der Waals surface area contributed by atoms with Crippen LogP contribution in [-0.4, -0.2) is 53.0 Å². The van der Waals surface area contributed by atoms with Crippen LogP contribution in [0.5, 0.6) is 0 Å². The molecular weight excluding hydrogens is 408 g/mol. The Hall–Kier alpha value is -3.48. The van der Waals surface area contributed by atoms with Crippen molar-refractivity contribution in [3.05, 3.63) is 71.8 Å². The van der Waals surface area contributed by atoms with E-state index in [0.29, 0.717) is 25.9 Å². The molecule has 168 valence electrons. The largest absolute Gasteiger partial charge is 0.455 e. The van der Waals surface area contributed by atoms with Gasteiger partial charge >= 0.3 is 5.97 Å². The maximum atomic E-state index is 12.7. The van der Waals surface area contributed by atoms with Gasteiger partial charge in [-0.25, -0.2) is 4.79 Å². The summed E-state index contributed by atoms with van der Waals surface area (Å²) in [4.78, 5) is 52.9. The number of hydrogen-bond acceptors (Lipinski definition) is 5. The van der Waals surface area contributed by atoms with Crippen LogP contribution in [0.1, 0.15) is 36.8 Å². The summed E-state index contributed by atoms with van der Waals surface area (Å²) in [5.41, 5.74) is 1.79. The topological polar surface area (TPSA) is 84.0 Å². The fourth-order valence-electron chi connectivity index (χ4n) is 3.76. The van der Waals surface area contributed by atoms with Gasteiger partial charge in [-0.3, -0.25) is 14.4 Å². The average Bonchev–Trinajstić information content (AvgIpc) is 3.31. The Kier molecular flexibility index (Phi) is 8.14. The summed E-state index contributed by atoms with van der Waals surface area (Å²) < 4.78 is 5.13. The highest BCUT2D eigenvalue weighted by atomic mass is 16.5. The van der Waals surface area contributed by atoms with E-state index >= 15 is 0 Å². The number of Topliss-reactive ketones (excluding diaryl/α,β-unsaturated/α-hetero) is 1. The maximum absolute atomic E-state index is 12.7. The SMILES string of the molecule is CN(Cc1ccccc1)C(=O)CCC(=O)N1CCCC1C(=O)C(=O)OCc1ccccc1. The van der Waals surface area contributed by atoms with E-state index in [1.165, 1.54) is 4.90 Å². The van der Waals surface area contributed by atoms with Gasteiger partial charge < -0.3 is 14.5 Å². The Bertz CT molecular complexity index is 945. The van der Waals surface area contributed by atoms with Gasteiger partial charge in [0.2, 0.25) is 11.8 Å². The number of ether oxygens (including phenoxy) is 1. The number of rotatable bonds is 9. The molecular formula is C25H28N2O5. The first kappa shape index (κ1) is 23.2. The van der Waals surface area contributed by atoms with Crippen molar-refractivity contribution in [3.8, 4) is 0 Å². The first-order valence-electron chi connectivity index (χ1n) is 10.8. The van der Waals surface area contributed by atoms with E-state index in [9.17, 15) is 19.2 Å². The number of amides is 2. The molecule has 2 amide bonds. The lowest BCUT2D eigenvalue weighted by Crippen LogP contribution is -2.44. The summed E-state index contributed by atoms with van der Waals surface area (Å²) in [5, 5.41) is 0. The molecule has 2 aromatic rings. The summed E-state index contributed by atoms with van der Waals surface area (Å²) in [6.45, 7) is 0.871. The number of carbonyl (C=O) groups is 4. The average molecular weight is 437 g/mol. The first-order chi connectivity index (χ1) is 15.5. The molecule has 1 aliphatic rings. The van der Waals surface area contributed by atoms with E-state index in [4.69, 9.17) is 4.74 Å². The molecule has 3 rings (SSSR count). The van der Waals surface area contributed by atoms with Crippen LogP contribution in [0.2, 0.25) is 0 Å². The van der Waals surface area contributed by atoms with Gasteiger partial charge in [0, 0.05) is 33.0 Å². The number of likely N-dealkylation sites (tertiary alicyclic amines) is 1. The van der Waals surface area contributed by atoms with Gasteiger partial charge in [-0.1, -0.05) is 60.7 Å². The Morgan fingerprint density at radius 3 is 2.22 bits per heavy atom. The van der Waals surface area contributed by atoms with E-state index in [1.807, 2.05) is 48.5 Å². The smallest absolute Gasteiger partial charge is 0.377 e. The quantitative estimate of drug-likeness (QED) is 0.446. The molecule has 7 nitrogen and oxygen atoms in total. The molecule has 0 aromatic heterocycles. The van der Waals surface area contributed by atoms with Crippen LogP contribution in [-0.2, 0) is 37.1 Å². The first-order valence-corrected chi connectivity index (χ1v) is 10.8. The highest BCUT2D eigenvalue weighted by Crippen LogP contribution is 2.20. The molecule has 32 heavy (non-hydrogen) atoms. The highest BCUT2D eigenvalue weighted by molar-refractivity contribution is 6.36. The summed E-state index contributed by atoms with van der Waals surface area (Å²) in [5.74, 6) is -2.08. The van der Waals surface area contributed by atoms with Gasteiger partial charge in [0.05, 0.1) is 0 Å². The number of esters is 1. The third-order valence-electron chi connectivity index (χ3n) is 5.53. The molecule has 0 radical (unpaired) electrons. The predicted molar refractivity (Wildman–Crippen MR) is 118 cm³/mol. The third-order valence-corrected chi connectivity index (χ3v) is 5.53. The van der Waals surface area contributed by atoms with E-state index in [2.05, 4.69) is 0 Å². The van der Waals surface area contributed by atoms with Gasteiger partial charge in [0.15, 0.2) is 0 Å². The zero-order valence-electron chi connectivity index (χ0n) is 18.2. The Labute approximate surface area is 188 Å². The van der Waals surface area contributed by atoms with Crippen molar-refractivity contribution in [2.75, 3.05) is 13.6 Å². The second kappa shape index (κ2) is 11.2. The number of nitrogens with zero attached hydrogens (tertiary/aromatic N) is 2. The molecule has 1 fully saturated rings. The molecule has 1 atom stereocenters. The van der Waals surface area contributed by atoms with Crippen LogP contribution < -0.4 is 0 Å². The van der Waals surface area contributed by atoms with Crippen LogP contribution in [0.4, 0.5) is 0 Å². The monoisotopic (exact) mass is 436 g/mol. The van der Waals surface area contributed by atoms with E-state index in [0.717, 1.165) is 11.1 Å². The standard InChI is InChI=1S/C25H28N2O5/c1-26(17-19-9-4-2-5-10-19)22(28)14-15-23(29)27-16-8-13-21(27)24(30)25(31)32-18-20-11-6-3-7-12-20/h2-7,9-12,21H,8,13-18H2,1H3. The molecule has 1 heterocycles. The minimum atomic E-state index is -0.933. The minimum absolute atomic E-state index is 0.000800. The molecule has 1 unspecified atom stereocenters. The number of hydrogen-bond donors (Lipinski definition) is 0. The molecule has 2 aromatic carbocycles. The third kappa shape index (κ3) is 6.26. The molecule has 1 aliphatic heterocycles. The molecule has 0 N–H and O–H groups in total. The molecule has 1 saturated heterocycles. The summed E-state index contributed by atoms with van der Waals surface area (Å²) >= 11 is 0. The molecule has 7 heteroatoms. The predicted octanol–water partition coefficient (Wildman–Crippen LogP) is 2.73. The van der Waals surface area contributed by atoms with Crippen LogP contribution in [0.25, 0.3) is 0 Å². The van der Waals surface area contributed by atoms with Gasteiger partial charge in [0.25, 0.3) is 5.78 Å².